The first-order valence-electron chi connectivity index (χ1n) is 6.52. The maximum atomic E-state index is 11.1. The zero-order chi connectivity index (χ0) is 12.2. The Hall–Kier alpha value is -1.01. The Balaban J connectivity index is 1.92. The zero-order valence-electron chi connectivity index (χ0n) is 9.93. The first-order valence-corrected chi connectivity index (χ1v) is 6.52. The predicted molar refractivity (Wildman–Crippen MR) is 63.9 cm³/mol. The van der Waals surface area contributed by atoms with Gasteiger partial charge in [-0.05, 0) is 54.9 Å². The Morgan fingerprint density at radius 3 is 2.82 bits per heavy atom. The van der Waals surface area contributed by atoms with Gasteiger partial charge >= 0.3 is 5.97 Å². The fourth-order valence-electron chi connectivity index (χ4n) is 5.22. The lowest BCUT2D eigenvalue weighted by Crippen LogP contribution is -2.60. The van der Waals surface area contributed by atoms with Crippen molar-refractivity contribution in [3.63, 3.8) is 0 Å². The Morgan fingerprint density at radius 1 is 1.47 bits per heavy atom. The number of terminal acetylenes is 1. The third kappa shape index (κ3) is 1.20. The highest BCUT2D eigenvalue weighted by Gasteiger charge is 2.69. The molecule has 3 aliphatic rings. The van der Waals surface area contributed by atoms with Gasteiger partial charge in [-0.25, -0.2) is 0 Å². The van der Waals surface area contributed by atoms with Crippen LogP contribution < -0.4 is 5.73 Å². The summed E-state index contributed by atoms with van der Waals surface area (Å²) >= 11 is 0. The molecule has 0 radical (unpaired) electrons. The predicted octanol–water partition coefficient (Wildman–Crippen LogP) is 1.33. The molecule has 3 N–H and O–H groups in total. The summed E-state index contributed by atoms with van der Waals surface area (Å²) in [6, 6.07) is 0. The standard InChI is InChI=1S/C14H19NO2/c1-2-9-8-3-4-10-13(9)11(5-8)14(10,7-15)6-12(16)17/h1,8-11,13H,3-7,15H2,(H,16,17). The maximum absolute atomic E-state index is 11.1. The molecule has 0 aromatic heterocycles. The molecule has 3 fully saturated rings. The Kier molecular flexibility index (Phi) is 2.28. The van der Waals surface area contributed by atoms with Crippen molar-refractivity contribution in [1.29, 1.82) is 0 Å². The lowest BCUT2D eigenvalue weighted by atomic mass is 9.44. The van der Waals surface area contributed by atoms with E-state index in [-0.39, 0.29) is 11.8 Å². The first-order chi connectivity index (χ1) is 8.14. The molecule has 3 aliphatic carbocycles. The van der Waals surface area contributed by atoms with Gasteiger partial charge in [0.1, 0.15) is 0 Å². The minimum absolute atomic E-state index is 0.142. The monoisotopic (exact) mass is 233 g/mol. The summed E-state index contributed by atoms with van der Waals surface area (Å²) in [6.07, 6.45) is 9.30. The van der Waals surface area contributed by atoms with Gasteiger partial charge in [-0.2, -0.15) is 0 Å². The van der Waals surface area contributed by atoms with Crippen LogP contribution in [0, 0.1) is 47.3 Å². The molecule has 2 bridgehead atoms. The van der Waals surface area contributed by atoms with E-state index < -0.39 is 5.97 Å². The molecule has 17 heavy (non-hydrogen) atoms. The summed E-state index contributed by atoms with van der Waals surface area (Å²) < 4.78 is 0. The number of hydrogen-bond acceptors (Lipinski definition) is 2. The van der Waals surface area contributed by atoms with E-state index in [0.717, 1.165) is 12.8 Å². The Morgan fingerprint density at radius 2 is 2.24 bits per heavy atom. The highest BCUT2D eigenvalue weighted by Crippen LogP contribution is 2.72. The van der Waals surface area contributed by atoms with Gasteiger partial charge in [0.25, 0.3) is 0 Å². The van der Waals surface area contributed by atoms with Crippen LogP contribution in [-0.4, -0.2) is 17.6 Å². The molecule has 0 amide bonds. The molecule has 6 atom stereocenters. The minimum Gasteiger partial charge on any atom is -0.481 e. The van der Waals surface area contributed by atoms with Crippen LogP contribution in [0.1, 0.15) is 25.7 Å². The zero-order valence-corrected chi connectivity index (χ0v) is 9.93. The number of nitrogens with two attached hydrogens (primary N) is 1. The number of carboxylic acid groups (broad SMARTS) is 1. The number of fused-ring (bicyclic) bond motifs is 1. The Bertz CT molecular complexity index is 392. The summed E-state index contributed by atoms with van der Waals surface area (Å²) in [4.78, 5) is 11.1. The molecule has 0 aromatic rings. The molecule has 6 unspecified atom stereocenters. The van der Waals surface area contributed by atoms with E-state index in [2.05, 4.69) is 5.92 Å². The van der Waals surface area contributed by atoms with Crippen LogP contribution in [-0.2, 0) is 4.79 Å². The summed E-state index contributed by atoms with van der Waals surface area (Å²) in [5.41, 5.74) is 5.79. The van der Waals surface area contributed by atoms with Crippen molar-refractivity contribution in [3.8, 4) is 12.3 Å². The highest BCUT2D eigenvalue weighted by molar-refractivity contribution is 5.68. The van der Waals surface area contributed by atoms with Crippen molar-refractivity contribution in [2.45, 2.75) is 25.7 Å². The fraction of sp³-hybridized carbons (Fsp3) is 0.786. The van der Waals surface area contributed by atoms with E-state index in [9.17, 15) is 4.79 Å². The average molecular weight is 233 g/mol. The van der Waals surface area contributed by atoms with Crippen molar-refractivity contribution in [2.75, 3.05) is 6.54 Å². The van der Waals surface area contributed by atoms with E-state index in [1.807, 2.05) is 0 Å². The van der Waals surface area contributed by atoms with Crippen molar-refractivity contribution >= 4 is 5.97 Å². The van der Waals surface area contributed by atoms with Gasteiger partial charge in [0.05, 0.1) is 6.42 Å². The quantitative estimate of drug-likeness (QED) is 0.723. The van der Waals surface area contributed by atoms with Crippen LogP contribution in [0.25, 0.3) is 0 Å². The van der Waals surface area contributed by atoms with Gasteiger partial charge in [0, 0.05) is 5.92 Å². The second-order valence-corrected chi connectivity index (χ2v) is 6.06. The van der Waals surface area contributed by atoms with Gasteiger partial charge in [-0.1, -0.05) is 0 Å². The summed E-state index contributed by atoms with van der Waals surface area (Å²) in [7, 11) is 0. The molecular weight excluding hydrogens is 214 g/mol. The normalized spacial score (nSPS) is 50.5. The molecular formula is C14H19NO2. The molecule has 0 heterocycles. The lowest BCUT2D eigenvalue weighted by Gasteiger charge is -2.60. The Labute approximate surface area is 102 Å². The van der Waals surface area contributed by atoms with Gasteiger partial charge in [0.2, 0.25) is 0 Å². The van der Waals surface area contributed by atoms with Crippen molar-refractivity contribution in [3.05, 3.63) is 0 Å². The van der Waals surface area contributed by atoms with E-state index in [1.165, 1.54) is 6.42 Å². The second kappa shape index (κ2) is 3.49. The second-order valence-electron chi connectivity index (χ2n) is 6.06. The van der Waals surface area contributed by atoms with Crippen LogP contribution >= 0.6 is 0 Å². The number of aliphatic carboxylic acids is 1. The van der Waals surface area contributed by atoms with Gasteiger partial charge < -0.3 is 10.8 Å². The van der Waals surface area contributed by atoms with Gasteiger partial charge in [-0.3, -0.25) is 4.79 Å². The number of carbonyl (C=O) groups is 1. The van der Waals surface area contributed by atoms with E-state index in [1.54, 1.807) is 0 Å². The van der Waals surface area contributed by atoms with Crippen LogP contribution in [0.2, 0.25) is 0 Å². The van der Waals surface area contributed by atoms with Crippen LogP contribution in [0.4, 0.5) is 0 Å². The summed E-state index contributed by atoms with van der Waals surface area (Å²) in [6.45, 7) is 0.509. The lowest BCUT2D eigenvalue weighted by molar-refractivity contribution is -0.159. The molecule has 3 saturated carbocycles. The molecule has 3 rings (SSSR count). The van der Waals surface area contributed by atoms with E-state index in [4.69, 9.17) is 17.3 Å². The molecule has 92 valence electrons. The first kappa shape index (κ1) is 11.1. The van der Waals surface area contributed by atoms with Crippen molar-refractivity contribution < 1.29 is 9.90 Å². The highest BCUT2D eigenvalue weighted by atomic mass is 16.4. The summed E-state index contributed by atoms with van der Waals surface area (Å²) in [5.74, 6) is 4.79. The smallest absolute Gasteiger partial charge is 0.303 e. The molecule has 0 saturated heterocycles. The largest absolute Gasteiger partial charge is 0.481 e. The van der Waals surface area contributed by atoms with E-state index >= 15 is 0 Å². The molecule has 0 aromatic carbocycles. The minimum atomic E-state index is -0.707. The van der Waals surface area contributed by atoms with Crippen molar-refractivity contribution in [1.82, 2.24) is 0 Å². The van der Waals surface area contributed by atoms with Gasteiger partial charge in [-0.15, -0.1) is 12.3 Å². The van der Waals surface area contributed by atoms with Gasteiger partial charge in [0.15, 0.2) is 0 Å². The maximum Gasteiger partial charge on any atom is 0.303 e. The molecule has 3 nitrogen and oxygen atoms in total. The summed E-state index contributed by atoms with van der Waals surface area (Å²) in [5, 5.41) is 9.12. The third-order valence-corrected chi connectivity index (χ3v) is 5.79. The third-order valence-electron chi connectivity index (χ3n) is 5.79. The van der Waals surface area contributed by atoms with E-state index in [0.29, 0.717) is 36.1 Å². The van der Waals surface area contributed by atoms with Crippen LogP contribution in [0.5, 0.6) is 0 Å². The molecule has 3 heteroatoms. The van der Waals surface area contributed by atoms with Crippen molar-refractivity contribution in [2.24, 2.45) is 40.7 Å². The van der Waals surface area contributed by atoms with Crippen LogP contribution in [0.3, 0.4) is 0 Å². The number of rotatable bonds is 3. The SMILES string of the molecule is C#CC1C2CCC3C1C(C2)C3(CN)CC(=O)O. The fourth-order valence-corrected chi connectivity index (χ4v) is 5.22. The van der Waals surface area contributed by atoms with Crippen LogP contribution in [0.15, 0.2) is 0 Å². The topological polar surface area (TPSA) is 63.3 Å². The molecule has 0 aliphatic heterocycles. The number of carboxylic acids is 1. The number of hydrogen-bond donors (Lipinski definition) is 2. The molecule has 0 spiro atoms. The average Bonchev–Trinajstić information content (AvgIpc) is 2.45.